The fourth-order valence-electron chi connectivity index (χ4n) is 4.24. The molecule has 0 aromatic heterocycles. The Balaban J connectivity index is 2.00. The summed E-state index contributed by atoms with van der Waals surface area (Å²) >= 11 is 0. The molecule has 100 valence electrons. The zero-order chi connectivity index (χ0) is 12.5. The molecule has 2 N–H and O–H groups in total. The second kappa shape index (κ2) is 5.30. The van der Waals surface area contributed by atoms with E-state index < -0.39 is 0 Å². The van der Waals surface area contributed by atoms with Crippen LogP contribution in [0.5, 0.6) is 0 Å². The fraction of sp³-hybridized carbons (Fsp3) is 1.00. The zero-order valence-electron chi connectivity index (χ0n) is 12.0. The topological polar surface area (TPSA) is 26.0 Å². The molecule has 1 heteroatoms. The maximum Gasteiger partial charge on any atom is 0.0185 e. The quantitative estimate of drug-likeness (QED) is 0.759. The van der Waals surface area contributed by atoms with Gasteiger partial charge in [0.05, 0.1) is 0 Å². The minimum atomic E-state index is 0.180. The Morgan fingerprint density at radius 1 is 1.12 bits per heavy atom. The van der Waals surface area contributed by atoms with E-state index in [-0.39, 0.29) is 5.54 Å². The van der Waals surface area contributed by atoms with E-state index in [1.54, 1.807) is 0 Å². The molecule has 0 spiro atoms. The molecule has 5 unspecified atom stereocenters. The number of hydrogen-bond acceptors (Lipinski definition) is 1. The van der Waals surface area contributed by atoms with Gasteiger partial charge in [-0.05, 0) is 55.8 Å². The Kier molecular flexibility index (Phi) is 4.18. The van der Waals surface area contributed by atoms with Crippen molar-refractivity contribution in [2.75, 3.05) is 0 Å². The third-order valence-electron chi connectivity index (χ3n) is 5.91. The van der Waals surface area contributed by atoms with Crippen molar-refractivity contribution in [1.29, 1.82) is 0 Å². The van der Waals surface area contributed by atoms with E-state index in [2.05, 4.69) is 20.8 Å². The van der Waals surface area contributed by atoms with Crippen LogP contribution in [0.3, 0.4) is 0 Å². The standard InChI is InChI=1S/C16H31N/c1-4-14-6-5-7-15(10-14)16(17)9-8-12(2)13(3)11-16/h12-15H,4-11,17H2,1-3H3. The summed E-state index contributed by atoms with van der Waals surface area (Å²) < 4.78 is 0. The van der Waals surface area contributed by atoms with Crippen LogP contribution in [0, 0.1) is 23.7 Å². The monoisotopic (exact) mass is 237 g/mol. The van der Waals surface area contributed by atoms with Crippen LogP contribution in [0.2, 0.25) is 0 Å². The van der Waals surface area contributed by atoms with Gasteiger partial charge in [0.1, 0.15) is 0 Å². The van der Waals surface area contributed by atoms with Crippen molar-refractivity contribution < 1.29 is 0 Å². The molecule has 2 aliphatic carbocycles. The Bertz CT molecular complexity index is 250. The number of nitrogens with two attached hydrogens (primary N) is 1. The van der Waals surface area contributed by atoms with Crippen molar-refractivity contribution in [2.24, 2.45) is 29.4 Å². The predicted molar refractivity (Wildman–Crippen MR) is 74.8 cm³/mol. The Morgan fingerprint density at radius 2 is 1.88 bits per heavy atom. The first kappa shape index (κ1) is 13.4. The summed E-state index contributed by atoms with van der Waals surface area (Å²) in [5.41, 5.74) is 6.98. The van der Waals surface area contributed by atoms with Gasteiger partial charge in [0.25, 0.3) is 0 Å². The van der Waals surface area contributed by atoms with Crippen molar-refractivity contribution >= 4 is 0 Å². The van der Waals surface area contributed by atoms with E-state index in [9.17, 15) is 0 Å². The lowest BCUT2D eigenvalue weighted by Crippen LogP contribution is -2.52. The van der Waals surface area contributed by atoms with Crippen molar-refractivity contribution in [3.05, 3.63) is 0 Å². The summed E-state index contributed by atoms with van der Waals surface area (Å²) in [6.45, 7) is 7.16. The highest BCUT2D eigenvalue weighted by atomic mass is 14.8. The second-order valence-corrected chi connectivity index (χ2v) is 7.07. The Labute approximate surface area is 108 Å². The van der Waals surface area contributed by atoms with Crippen LogP contribution in [-0.4, -0.2) is 5.54 Å². The van der Waals surface area contributed by atoms with Gasteiger partial charge in [0.15, 0.2) is 0 Å². The molecular formula is C16H31N. The first-order chi connectivity index (χ1) is 8.05. The minimum absolute atomic E-state index is 0.180. The highest BCUT2D eigenvalue weighted by Crippen LogP contribution is 2.45. The molecule has 17 heavy (non-hydrogen) atoms. The van der Waals surface area contributed by atoms with Crippen LogP contribution >= 0.6 is 0 Å². The van der Waals surface area contributed by atoms with Gasteiger partial charge in [0.2, 0.25) is 0 Å². The van der Waals surface area contributed by atoms with Crippen LogP contribution in [0.4, 0.5) is 0 Å². The first-order valence-corrected chi connectivity index (χ1v) is 7.84. The Hall–Kier alpha value is -0.0400. The van der Waals surface area contributed by atoms with Crippen LogP contribution < -0.4 is 5.73 Å². The summed E-state index contributed by atoms with van der Waals surface area (Å²) in [7, 11) is 0. The van der Waals surface area contributed by atoms with E-state index in [0.29, 0.717) is 0 Å². The third kappa shape index (κ3) is 2.86. The SMILES string of the molecule is CCC1CCCC(C2(N)CCC(C)C(C)C2)C1. The van der Waals surface area contributed by atoms with Gasteiger partial charge < -0.3 is 5.73 Å². The zero-order valence-corrected chi connectivity index (χ0v) is 12.0. The molecule has 0 amide bonds. The average Bonchev–Trinajstić information content (AvgIpc) is 2.34. The van der Waals surface area contributed by atoms with Gasteiger partial charge in [-0.1, -0.05) is 40.0 Å². The summed E-state index contributed by atoms with van der Waals surface area (Å²) in [5, 5.41) is 0. The van der Waals surface area contributed by atoms with Gasteiger partial charge in [-0.2, -0.15) is 0 Å². The molecule has 0 aromatic rings. The summed E-state index contributed by atoms with van der Waals surface area (Å²) in [5.74, 6) is 3.49. The van der Waals surface area contributed by atoms with E-state index in [4.69, 9.17) is 5.73 Å². The molecule has 0 saturated heterocycles. The minimum Gasteiger partial charge on any atom is -0.325 e. The van der Waals surface area contributed by atoms with Gasteiger partial charge in [-0.25, -0.2) is 0 Å². The maximum absolute atomic E-state index is 6.80. The van der Waals surface area contributed by atoms with Gasteiger partial charge >= 0.3 is 0 Å². The second-order valence-electron chi connectivity index (χ2n) is 7.07. The van der Waals surface area contributed by atoms with Gasteiger partial charge in [-0.3, -0.25) is 0 Å². The molecule has 2 rings (SSSR count). The number of hydrogen-bond donors (Lipinski definition) is 1. The van der Waals surface area contributed by atoms with Crippen molar-refractivity contribution in [3.63, 3.8) is 0 Å². The van der Waals surface area contributed by atoms with Crippen molar-refractivity contribution in [3.8, 4) is 0 Å². The normalized spacial score (nSPS) is 48.0. The summed E-state index contributed by atoms with van der Waals surface area (Å²) in [6, 6.07) is 0. The summed E-state index contributed by atoms with van der Waals surface area (Å²) in [6.07, 6.45) is 10.9. The van der Waals surface area contributed by atoms with Crippen molar-refractivity contribution in [2.45, 2.75) is 77.7 Å². The molecule has 5 atom stereocenters. The van der Waals surface area contributed by atoms with E-state index in [0.717, 1.165) is 23.7 Å². The van der Waals surface area contributed by atoms with E-state index in [1.165, 1.54) is 51.4 Å². The van der Waals surface area contributed by atoms with Gasteiger partial charge in [0, 0.05) is 5.54 Å². The molecular weight excluding hydrogens is 206 g/mol. The molecule has 2 fully saturated rings. The molecule has 2 saturated carbocycles. The smallest absolute Gasteiger partial charge is 0.0185 e. The molecule has 0 bridgehead atoms. The third-order valence-corrected chi connectivity index (χ3v) is 5.91. The highest BCUT2D eigenvalue weighted by Gasteiger charge is 2.41. The predicted octanol–water partition coefficient (Wildman–Crippen LogP) is 4.36. The van der Waals surface area contributed by atoms with Crippen LogP contribution in [0.1, 0.15) is 72.1 Å². The molecule has 0 aliphatic heterocycles. The molecule has 2 aliphatic rings. The largest absolute Gasteiger partial charge is 0.325 e. The molecule has 1 nitrogen and oxygen atoms in total. The first-order valence-electron chi connectivity index (χ1n) is 7.84. The van der Waals surface area contributed by atoms with Crippen LogP contribution in [-0.2, 0) is 0 Å². The van der Waals surface area contributed by atoms with Crippen LogP contribution in [0.15, 0.2) is 0 Å². The average molecular weight is 237 g/mol. The maximum atomic E-state index is 6.80. The lowest BCUT2D eigenvalue weighted by molar-refractivity contribution is 0.0812. The molecule has 0 aromatic carbocycles. The van der Waals surface area contributed by atoms with Gasteiger partial charge in [-0.15, -0.1) is 0 Å². The number of rotatable bonds is 2. The van der Waals surface area contributed by atoms with E-state index >= 15 is 0 Å². The lowest BCUT2D eigenvalue weighted by atomic mass is 9.61. The van der Waals surface area contributed by atoms with E-state index in [1.807, 2.05) is 0 Å². The Morgan fingerprint density at radius 3 is 2.53 bits per heavy atom. The van der Waals surface area contributed by atoms with Crippen molar-refractivity contribution in [1.82, 2.24) is 0 Å². The molecule has 0 radical (unpaired) electrons. The lowest BCUT2D eigenvalue weighted by Gasteiger charge is -2.48. The van der Waals surface area contributed by atoms with Crippen LogP contribution in [0.25, 0.3) is 0 Å². The summed E-state index contributed by atoms with van der Waals surface area (Å²) in [4.78, 5) is 0. The highest BCUT2D eigenvalue weighted by molar-refractivity contribution is 4.98. The molecule has 0 heterocycles. The fourth-order valence-corrected chi connectivity index (χ4v) is 4.24.